The van der Waals surface area contributed by atoms with E-state index in [-0.39, 0.29) is 48.0 Å². The van der Waals surface area contributed by atoms with E-state index in [0.717, 1.165) is 78.9 Å². The molecule has 1 radical (unpaired) electrons. The maximum atomic E-state index is 13.5. The number of rotatable bonds is 13. The zero-order valence-electron chi connectivity index (χ0n) is 33.0. The molecule has 13 nitrogen and oxygen atoms in total. The van der Waals surface area contributed by atoms with Gasteiger partial charge in [-0.05, 0) is 118 Å². The number of anilines is 1. The van der Waals surface area contributed by atoms with Crippen molar-refractivity contribution in [3.05, 3.63) is 88.5 Å². The van der Waals surface area contributed by atoms with Crippen LogP contribution in [0.5, 0.6) is 5.75 Å². The number of imidazole rings is 1. The van der Waals surface area contributed by atoms with E-state index in [1.165, 1.54) is 43.5 Å². The number of halogens is 3. The molecule has 313 valence electrons. The highest BCUT2D eigenvalue weighted by molar-refractivity contribution is 6.35. The standard InChI is InChI=1S/C43H45BF3N6O7/c45-43(46,47)29-6-4-5-28(20-29)38(55)50-42-48-34-19-27(22-51-17-2-1-3-18-51)9-14-35(34)52(42)30-10-7-26(8-11-30)23-59-24-44-25-60-31-12-13-32-33(21-31)41(58)53(40(32)57)36-15-16-37(54)49-39(36)56/h4-6,9,12-14,19-21,26,30,36H,1-3,7-8,10-11,15-18,22-25H2,(H,48,50,55)(H,49,54,56). The van der Waals surface area contributed by atoms with Crippen molar-refractivity contribution in [2.75, 3.05) is 38.0 Å². The lowest BCUT2D eigenvalue weighted by atomic mass is 9.81. The molecule has 1 saturated carbocycles. The smallest absolute Gasteiger partial charge is 0.416 e. The number of hydrogen-bond donors (Lipinski definition) is 2. The molecule has 3 aliphatic heterocycles. The van der Waals surface area contributed by atoms with Gasteiger partial charge in [-0.1, -0.05) is 18.6 Å². The number of hydrogen-bond acceptors (Lipinski definition) is 9. The van der Waals surface area contributed by atoms with Crippen molar-refractivity contribution in [2.24, 2.45) is 5.92 Å². The van der Waals surface area contributed by atoms with Gasteiger partial charge in [-0.2, -0.15) is 13.2 Å². The van der Waals surface area contributed by atoms with Gasteiger partial charge in [0.25, 0.3) is 17.7 Å². The van der Waals surface area contributed by atoms with Gasteiger partial charge in [0.05, 0.1) is 34.2 Å². The normalized spacial score (nSPS) is 21.2. The van der Waals surface area contributed by atoms with Gasteiger partial charge in [0.1, 0.15) is 11.8 Å². The molecule has 60 heavy (non-hydrogen) atoms. The molecule has 2 saturated heterocycles. The number of benzene rings is 3. The number of likely N-dealkylation sites (tertiary alicyclic amines) is 1. The summed E-state index contributed by atoms with van der Waals surface area (Å²) in [5, 5.41) is 5.03. The molecule has 0 spiro atoms. The Balaban J connectivity index is 0.849. The SMILES string of the molecule is O=C1CCC(N2C(=O)c3ccc(OC[B]COCC4CCC(n5c(NC(=O)c6cccc(C(F)(F)F)c6)nc6cc(CN7CCCCC7)ccc65)CC4)cc3C2=O)C(=O)N1. The Labute approximate surface area is 345 Å². The highest BCUT2D eigenvalue weighted by Crippen LogP contribution is 2.38. The van der Waals surface area contributed by atoms with Crippen molar-refractivity contribution < 1.29 is 46.6 Å². The fourth-order valence-corrected chi connectivity index (χ4v) is 8.72. The fourth-order valence-electron chi connectivity index (χ4n) is 8.72. The number of nitrogens with one attached hydrogen (secondary N) is 2. The van der Waals surface area contributed by atoms with Gasteiger partial charge in [-0.3, -0.25) is 44.4 Å². The first kappa shape index (κ1) is 41.2. The average molecular weight is 826 g/mol. The lowest BCUT2D eigenvalue weighted by Gasteiger charge is -2.30. The lowest BCUT2D eigenvalue weighted by molar-refractivity contribution is -0.138. The van der Waals surface area contributed by atoms with E-state index in [1.807, 2.05) is 24.0 Å². The maximum absolute atomic E-state index is 13.5. The zero-order chi connectivity index (χ0) is 42.0. The molecule has 1 aromatic heterocycles. The Morgan fingerprint density at radius 1 is 0.883 bits per heavy atom. The minimum absolute atomic E-state index is 0.00145. The van der Waals surface area contributed by atoms with Gasteiger partial charge in [0.15, 0.2) is 7.28 Å². The summed E-state index contributed by atoms with van der Waals surface area (Å²) < 4.78 is 54.2. The maximum Gasteiger partial charge on any atom is 0.416 e. The van der Waals surface area contributed by atoms with E-state index >= 15 is 0 Å². The number of alkyl halides is 3. The molecule has 4 aromatic rings. The highest BCUT2D eigenvalue weighted by Gasteiger charge is 2.44. The molecule has 0 bridgehead atoms. The molecular formula is C43H45BF3N6O7. The molecule has 1 aliphatic carbocycles. The fraction of sp³-hybridized carbons (Fsp3) is 0.442. The monoisotopic (exact) mass is 825 g/mol. The Hall–Kier alpha value is -5.55. The molecular weight excluding hydrogens is 780 g/mol. The van der Waals surface area contributed by atoms with Crippen LogP contribution in [-0.4, -0.2) is 94.9 Å². The van der Waals surface area contributed by atoms with Crippen molar-refractivity contribution in [2.45, 2.75) is 82.6 Å². The first-order chi connectivity index (χ1) is 28.9. The minimum atomic E-state index is -4.58. The average Bonchev–Trinajstić information content (AvgIpc) is 3.71. The molecule has 1 atom stereocenters. The molecule has 5 amide bonds. The highest BCUT2D eigenvalue weighted by atomic mass is 19.4. The summed E-state index contributed by atoms with van der Waals surface area (Å²) in [5.74, 6) is -1.98. The molecule has 2 N–H and O–H groups in total. The summed E-state index contributed by atoms with van der Waals surface area (Å²) in [5.41, 5.74) is 2.01. The third-order valence-corrected chi connectivity index (χ3v) is 11.8. The summed E-state index contributed by atoms with van der Waals surface area (Å²) in [7, 11) is 1.82. The summed E-state index contributed by atoms with van der Waals surface area (Å²) in [6.45, 7) is 3.92. The number of aromatic nitrogens is 2. The number of amides is 5. The van der Waals surface area contributed by atoms with Gasteiger partial charge in [-0.15, -0.1) is 0 Å². The van der Waals surface area contributed by atoms with Crippen LogP contribution in [0.4, 0.5) is 19.1 Å². The number of carbonyl (C=O) groups excluding carboxylic acids is 5. The van der Waals surface area contributed by atoms with Crippen LogP contribution in [0.25, 0.3) is 11.0 Å². The largest absolute Gasteiger partial charge is 0.503 e. The molecule has 1 unspecified atom stereocenters. The van der Waals surface area contributed by atoms with E-state index in [4.69, 9.17) is 14.5 Å². The second-order valence-electron chi connectivity index (χ2n) is 16.0. The van der Waals surface area contributed by atoms with Gasteiger partial charge in [-0.25, -0.2) is 4.98 Å². The van der Waals surface area contributed by atoms with E-state index in [2.05, 4.69) is 21.6 Å². The van der Waals surface area contributed by atoms with Gasteiger partial charge in [0.2, 0.25) is 17.8 Å². The third kappa shape index (κ3) is 8.97. The summed E-state index contributed by atoms with van der Waals surface area (Å²) >= 11 is 0. The Morgan fingerprint density at radius 2 is 1.67 bits per heavy atom. The molecule has 3 aromatic carbocycles. The molecule has 4 aliphatic rings. The quantitative estimate of drug-likeness (QED) is 0.0921. The van der Waals surface area contributed by atoms with E-state index in [0.29, 0.717) is 24.8 Å². The van der Waals surface area contributed by atoms with Gasteiger partial charge < -0.3 is 14.0 Å². The van der Waals surface area contributed by atoms with E-state index in [1.54, 1.807) is 6.07 Å². The van der Waals surface area contributed by atoms with Gasteiger partial charge >= 0.3 is 6.18 Å². The van der Waals surface area contributed by atoms with Crippen LogP contribution in [0.1, 0.15) is 106 Å². The van der Waals surface area contributed by atoms with Crippen molar-refractivity contribution in [3.63, 3.8) is 0 Å². The van der Waals surface area contributed by atoms with E-state index < -0.39 is 47.3 Å². The number of imide groups is 2. The predicted octanol–water partition coefficient (Wildman–Crippen LogP) is 6.14. The van der Waals surface area contributed by atoms with Crippen LogP contribution in [-0.2, 0) is 27.0 Å². The number of ether oxygens (including phenoxy) is 2. The Morgan fingerprint density at radius 3 is 2.43 bits per heavy atom. The third-order valence-electron chi connectivity index (χ3n) is 11.8. The number of piperidine rings is 2. The molecule has 3 fully saturated rings. The first-order valence-corrected chi connectivity index (χ1v) is 20.5. The predicted molar refractivity (Wildman–Crippen MR) is 214 cm³/mol. The van der Waals surface area contributed by atoms with Crippen LogP contribution >= 0.6 is 0 Å². The van der Waals surface area contributed by atoms with Crippen molar-refractivity contribution in [1.29, 1.82) is 0 Å². The van der Waals surface area contributed by atoms with Crippen molar-refractivity contribution in [1.82, 2.24) is 24.7 Å². The van der Waals surface area contributed by atoms with Crippen molar-refractivity contribution >= 4 is 53.8 Å². The van der Waals surface area contributed by atoms with Crippen LogP contribution in [0.15, 0.2) is 60.7 Å². The van der Waals surface area contributed by atoms with Gasteiger partial charge in [0, 0.05) is 37.7 Å². The minimum Gasteiger partial charge on any atom is -0.503 e. The van der Waals surface area contributed by atoms with Crippen molar-refractivity contribution in [3.8, 4) is 5.75 Å². The Bertz CT molecular complexity index is 2300. The van der Waals surface area contributed by atoms with Crippen LogP contribution in [0, 0.1) is 5.92 Å². The summed E-state index contributed by atoms with van der Waals surface area (Å²) in [4.78, 5) is 71.6. The molecule has 17 heteroatoms. The number of fused-ring (bicyclic) bond motifs is 2. The first-order valence-electron chi connectivity index (χ1n) is 20.5. The van der Waals surface area contributed by atoms with Crippen LogP contribution < -0.4 is 15.4 Å². The molecule has 8 rings (SSSR count). The Kier molecular flexibility index (Phi) is 12.1. The lowest BCUT2D eigenvalue weighted by Crippen LogP contribution is -2.54. The second-order valence-corrected chi connectivity index (χ2v) is 16.0. The summed E-state index contributed by atoms with van der Waals surface area (Å²) in [6, 6.07) is 14.1. The van der Waals surface area contributed by atoms with Crippen LogP contribution in [0.3, 0.4) is 0 Å². The topological polar surface area (TPSA) is 152 Å². The zero-order valence-corrected chi connectivity index (χ0v) is 33.0. The summed E-state index contributed by atoms with van der Waals surface area (Å²) in [6.07, 6.45) is 2.40. The van der Waals surface area contributed by atoms with Crippen LogP contribution in [0.2, 0.25) is 0 Å². The van der Waals surface area contributed by atoms with E-state index in [9.17, 15) is 37.1 Å². The number of carbonyl (C=O) groups is 5. The second kappa shape index (κ2) is 17.6. The number of nitrogens with zero attached hydrogens (tertiary/aromatic N) is 4. The molecule has 4 heterocycles.